The summed E-state index contributed by atoms with van der Waals surface area (Å²) in [4.78, 5) is 15.1. The Morgan fingerprint density at radius 1 is 1.29 bits per heavy atom. The summed E-state index contributed by atoms with van der Waals surface area (Å²) in [6, 6.07) is 9.10. The van der Waals surface area contributed by atoms with Gasteiger partial charge < -0.3 is 14.4 Å². The van der Waals surface area contributed by atoms with Crippen LogP contribution in [0.3, 0.4) is 0 Å². The zero-order chi connectivity index (χ0) is 14.5. The van der Waals surface area contributed by atoms with Crippen LogP contribution in [0, 0.1) is 0 Å². The van der Waals surface area contributed by atoms with E-state index in [0.29, 0.717) is 12.2 Å². The minimum Gasteiger partial charge on any atom is -0.846 e. The first-order valence-electron chi connectivity index (χ1n) is 6.48. The van der Waals surface area contributed by atoms with Gasteiger partial charge in [0.2, 0.25) is 0 Å². The van der Waals surface area contributed by atoms with Crippen molar-refractivity contribution in [1.82, 2.24) is 9.55 Å². The molecule has 0 fully saturated rings. The molecule has 0 N–H and O–H groups in total. The Bertz CT molecular complexity index is 627. The monoisotopic (exact) mass is 280 g/mol. The average molecular weight is 280 g/mol. The summed E-state index contributed by atoms with van der Waals surface area (Å²) >= 11 is 0. The van der Waals surface area contributed by atoms with Crippen molar-refractivity contribution in [1.29, 1.82) is 0 Å². The van der Waals surface area contributed by atoms with Crippen LogP contribution in [0.2, 0.25) is 0 Å². The summed E-state index contributed by atoms with van der Waals surface area (Å²) in [5.41, 5.74) is 1.09. The van der Waals surface area contributed by atoms with E-state index in [2.05, 4.69) is 4.98 Å². The molecule has 2 aromatic rings. The van der Waals surface area contributed by atoms with Crippen molar-refractivity contribution in [2.75, 3.05) is 0 Å². The van der Waals surface area contributed by atoms with Crippen LogP contribution in [0.1, 0.15) is 30.9 Å². The molecule has 1 aromatic heterocycles. The van der Waals surface area contributed by atoms with Crippen LogP contribution in [0.15, 0.2) is 41.3 Å². The second-order valence-corrected chi connectivity index (χ2v) is 4.87. The van der Waals surface area contributed by atoms with Crippen molar-refractivity contribution < 1.29 is 28.7 Å². The maximum atomic E-state index is 11.6. The van der Waals surface area contributed by atoms with Gasteiger partial charge in [-0.3, -0.25) is 4.79 Å². The predicted octanol–water partition coefficient (Wildman–Crippen LogP) is -1.38. The molecule has 0 amide bonds. The van der Waals surface area contributed by atoms with Gasteiger partial charge in [0.15, 0.2) is 0 Å². The predicted molar refractivity (Wildman–Crippen MR) is 73.3 cm³/mol. The van der Waals surface area contributed by atoms with Gasteiger partial charge in [0.05, 0.1) is 12.6 Å². The molecule has 0 radical (unpaired) electrons. The first-order chi connectivity index (χ1) is 9.58. The standard InChI is InChI=1S/C15H18N2O3.Li/c1-11(2)13-8-17(15(19)16-14(13)18)10-20-9-12-6-4-3-5-7-12;/h3-8,11H,9-10H2,1-2H3,(H,16,18,19);/q;+1/p-1. The van der Waals surface area contributed by atoms with E-state index in [-0.39, 0.29) is 31.5 Å². The molecule has 6 heteroatoms. The number of aromatic nitrogens is 2. The Morgan fingerprint density at radius 3 is 2.57 bits per heavy atom. The van der Waals surface area contributed by atoms with E-state index >= 15 is 0 Å². The van der Waals surface area contributed by atoms with Gasteiger partial charge in [-0.1, -0.05) is 44.2 Å². The molecule has 0 saturated carbocycles. The fraction of sp³-hybridized carbons (Fsp3) is 0.333. The van der Waals surface area contributed by atoms with Gasteiger partial charge in [0.25, 0.3) is 5.56 Å². The molecule has 1 heterocycles. The maximum absolute atomic E-state index is 11.6. The maximum Gasteiger partial charge on any atom is 1.00 e. The van der Waals surface area contributed by atoms with Crippen LogP contribution >= 0.6 is 0 Å². The minimum atomic E-state index is -0.576. The molecule has 0 bridgehead atoms. The molecule has 0 unspecified atom stereocenters. The van der Waals surface area contributed by atoms with Crippen LogP contribution < -0.4 is 29.5 Å². The van der Waals surface area contributed by atoms with Gasteiger partial charge in [-0.25, -0.2) is 4.98 Å². The third-order valence-electron chi connectivity index (χ3n) is 2.95. The van der Waals surface area contributed by atoms with Crippen LogP contribution in [0.25, 0.3) is 0 Å². The molecule has 0 spiro atoms. The number of benzene rings is 1. The summed E-state index contributed by atoms with van der Waals surface area (Å²) in [5.74, 6) is 0.0240. The Balaban J connectivity index is 0.00000220. The summed E-state index contributed by atoms with van der Waals surface area (Å²) in [5, 5.41) is 11.6. The molecule has 1 aromatic carbocycles. The molecule has 2 rings (SSSR count). The van der Waals surface area contributed by atoms with Crippen LogP contribution in [-0.4, -0.2) is 9.55 Å². The summed E-state index contributed by atoms with van der Waals surface area (Å²) in [7, 11) is 0. The zero-order valence-electron chi connectivity index (χ0n) is 12.6. The first kappa shape index (κ1) is 17.5. The van der Waals surface area contributed by atoms with Crippen molar-refractivity contribution in [2.24, 2.45) is 0 Å². The Kier molecular flexibility index (Phi) is 6.70. The molecule has 0 aliphatic rings. The van der Waals surface area contributed by atoms with E-state index in [1.807, 2.05) is 44.2 Å². The SMILES string of the molecule is CC(C)c1cn(COCc2ccccc2)c([O-])nc1=O.[Li+]. The Labute approximate surface area is 135 Å². The van der Waals surface area contributed by atoms with E-state index < -0.39 is 11.6 Å². The second-order valence-electron chi connectivity index (χ2n) is 4.87. The normalized spacial score (nSPS) is 10.4. The number of hydrogen-bond donors (Lipinski definition) is 0. The third-order valence-corrected chi connectivity index (χ3v) is 2.95. The summed E-state index contributed by atoms with van der Waals surface area (Å²) < 4.78 is 6.80. The van der Waals surface area contributed by atoms with Crippen molar-refractivity contribution in [2.45, 2.75) is 33.1 Å². The smallest absolute Gasteiger partial charge is 0.846 e. The summed E-state index contributed by atoms with van der Waals surface area (Å²) in [6.07, 6.45) is 1.54. The zero-order valence-corrected chi connectivity index (χ0v) is 12.6. The van der Waals surface area contributed by atoms with Gasteiger partial charge in [-0.2, -0.15) is 0 Å². The molecule has 0 atom stereocenters. The molecule has 0 saturated heterocycles. The molecule has 0 aliphatic carbocycles. The van der Waals surface area contributed by atoms with E-state index in [1.54, 1.807) is 0 Å². The van der Waals surface area contributed by atoms with Crippen molar-refractivity contribution >= 4 is 0 Å². The van der Waals surface area contributed by atoms with Gasteiger partial charge in [-0.05, 0) is 11.5 Å². The summed E-state index contributed by atoms with van der Waals surface area (Å²) in [6.45, 7) is 4.26. The Hall–Kier alpha value is -1.54. The van der Waals surface area contributed by atoms with E-state index in [1.165, 1.54) is 10.8 Å². The van der Waals surface area contributed by atoms with Gasteiger partial charge in [0.1, 0.15) is 6.73 Å². The van der Waals surface area contributed by atoms with Gasteiger partial charge in [0, 0.05) is 11.8 Å². The molecular formula is C15H17LiN2O3. The third kappa shape index (κ3) is 4.75. The first-order valence-corrected chi connectivity index (χ1v) is 6.48. The van der Waals surface area contributed by atoms with E-state index in [9.17, 15) is 9.90 Å². The van der Waals surface area contributed by atoms with Crippen LogP contribution in [0.4, 0.5) is 0 Å². The number of nitrogens with zero attached hydrogens (tertiary/aromatic N) is 2. The largest absolute Gasteiger partial charge is 1.00 e. The molecule has 0 aliphatic heterocycles. The van der Waals surface area contributed by atoms with Crippen molar-refractivity contribution in [3.8, 4) is 6.01 Å². The minimum absolute atomic E-state index is 0. The quantitative estimate of drug-likeness (QED) is 0.633. The molecular weight excluding hydrogens is 263 g/mol. The van der Waals surface area contributed by atoms with Crippen LogP contribution in [0.5, 0.6) is 6.01 Å². The fourth-order valence-electron chi connectivity index (χ4n) is 1.82. The second kappa shape index (κ2) is 8.04. The fourth-order valence-corrected chi connectivity index (χ4v) is 1.82. The van der Waals surface area contributed by atoms with Crippen molar-refractivity contribution in [3.63, 3.8) is 0 Å². The average Bonchev–Trinajstić information content (AvgIpc) is 2.42. The number of rotatable bonds is 5. The Morgan fingerprint density at radius 2 is 1.95 bits per heavy atom. The molecule has 5 nitrogen and oxygen atoms in total. The van der Waals surface area contributed by atoms with Crippen molar-refractivity contribution in [3.05, 3.63) is 58.0 Å². The van der Waals surface area contributed by atoms with E-state index in [0.717, 1.165) is 5.56 Å². The topological polar surface area (TPSA) is 67.2 Å². The number of hydrogen-bond acceptors (Lipinski definition) is 4. The number of ether oxygens (including phenoxy) is 1. The van der Waals surface area contributed by atoms with Crippen LogP contribution in [-0.2, 0) is 18.1 Å². The molecule has 21 heavy (non-hydrogen) atoms. The molecule has 106 valence electrons. The van der Waals surface area contributed by atoms with E-state index in [4.69, 9.17) is 4.74 Å². The van der Waals surface area contributed by atoms with Gasteiger partial charge in [-0.15, -0.1) is 0 Å². The van der Waals surface area contributed by atoms with Gasteiger partial charge >= 0.3 is 18.9 Å².